The highest BCUT2D eigenvalue weighted by atomic mass is 16.5. The van der Waals surface area contributed by atoms with E-state index in [1.807, 2.05) is 51.1 Å². The molecule has 0 bridgehead atoms. The first-order chi connectivity index (χ1) is 12.4. The van der Waals surface area contributed by atoms with Gasteiger partial charge in [0.15, 0.2) is 0 Å². The highest BCUT2D eigenvalue weighted by Crippen LogP contribution is 2.30. The molecule has 2 aromatic rings. The Kier molecular flexibility index (Phi) is 4.80. The first kappa shape index (κ1) is 17.7. The highest BCUT2D eigenvalue weighted by Gasteiger charge is 2.29. The zero-order valence-corrected chi connectivity index (χ0v) is 15.7. The molecule has 0 fully saturated rings. The molecular formula is C21H22N2O3. The van der Waals surface area contributed by atoms with Gasteiger partial charge in [0.25, 0.3) is 5.91 Å². The van der Waals surface area contributed by atoms with E-state index in [1.165, 1.54) is 10.6 Å². The summed E-state index contributed by atoms with van der Waals surface area (Å²) in [6.07, 6.45) is 1.81. The number of hydrazone groups is 1. The standard InChI is InChI=1S/C21H22N2O3/c1-13-6-8-17(10-14(13)2)23-21(24)19(15(3)22-23)11-16-7-9-18(25-4)12-20(16)26-5/h6-12H,1-5H3. The van der Waals surface area contributed by atoms with Crippen LogP contribution in [0, 0.1) is 13.8 Å². The zero-order valence-electron chi connectivity index (χ0n) is 15.7. The number of rotatable bonds is 4. The molecule has 0 aromatic heterocycles. The molecular weight excluding hydrogens is 328 g/mol. The number of nitrogens with zero attached hydrogens (tertiary/aromatic N) is 2. The van der Waals surface area contributed by atoms with Gasteiger partial charge in [-0.1, -0.05) is 6.07 Å². The SMILES string of the molecule is COc1ccc(C=C2C(=O)N(c3ccc(C)c(C)c3)N=C2C)c(OC)c1. The predicted octanol–water partition coefficient (Wildman–Crippen LogP) is 4.13. The number of anilines is 1. The van der Waals surface area contributed by atoms with Crippen LogP contribution in [0.5, 0.6) is 11.5 Å². The molecule has 26 heavy (non-hydrogen) atoms. The van der Waals surface area contributed by atoms with E-state index in [-0.39, 0.29) is 5.91 Å². The van der Waals surface area contributed by atoms with Crippen molar-refractivity contribution in [2.24, 2.45) is 5.10 Å². The molecule has 1 amide bonds. The maximum atomic E-state index is 12.9. The van der Waals surface area contributed by atoms with Gasteiger partial charge >= 0.3 is 0 Å². The summed E-state index contributed by atoms with van der Waals surface area (Å²) in [6, 6.07) is 11.4. The summed E-state index contributed by atoms with van der Waals surface area (Å²) >= 11 is 0. The Morgan fingerprint density at radius 2 is 1.73 bits per heavy atom. The van der Waals surface area contributed by atoms with E-state index in [1.54, 1.807) is 26.4 Å². The summed E-state index contributed by atoms with van der Waals surface area (Å²) in [4.78, 5) is 12.9. The van der Waals surface area contributed by atoms with E-state index in [2.05, 4.69) is 5.10 Å². The van der Waals surface area contributed by atoms with Crippen LogP contribution in [0.25, 0.3) is 6.08 Å². The second kappa shape index (κ2) is 7.04. The van der Waals surface area contributed by atoms with Crippen LogP contribution in [-0.4, -0.2) is 25.8 Å². The van der Waals surface area contributed by atoms with Crippen LogP contribution in [0.3, 0.4) is 0 Å². The first-order valence-electron chi connectivity index (χ1n) is 8.35. The van der Waals surface area contributed by atoms with Crippen molar-refractivity contribution < 1.29 is 14.3 Å². The molecule has 2 aromatic carbocycles. The van der Waals surface area contributed by atoms with E-state index >= 15 is 0 Å². The zero-order chi connectivity index (χ0) is 18.8. The summed E-state index contributed by atoms with van der Waals surface area (Å²) < 4.78 is 10.6. The Labute approximate surface area is 153 Å². The van der Waals surface area contributed by atoms with E-state index in [0.717, 1.165) is 16.8 Å². The third kappa shape index (κ3) is 3.20. The summed E-state index contributed by atoms with van der Waals surface area (Å²) in [6.45, 7) is 5.90. The van der Waals surface area contributed by atoms with Gasteiger partial charge < -0.3 is 9.47 Å². The van der Waals surface area contributed by atoms with Gasteiger partial charge in [-0.2, -0.15) is 10.1 Å². The van der Waals surface area contributed by atoms with Gasteiger partial charge in [0.1, 0.15) is 11.5 Å². The van der Waals surface area contributed by atoms with Crippen molar-refractivity contribution in [3.63, 3.8) is 0 Å². The molecule has 1 aliphatic rings. The molecule has 0 atom stereocenters. The van der Waals surface area contributed by atoms with Gasteiger partial charge in [0.05, 0.1) is 31.2 Å². The summed E-state index contributed by atoms with van der Waals surface area (Å²) in [5.74, 6) is 1.19. The largest absolute Gasteiger partial charge is 0.497 e. The fraction of sp³-hybridized carbons (Fsp3) is 0.238. The number of carbonyl (C=O) groups is 1. The minimum absolute atomic E-state index is 0.149. The van der Waals surface area contributed by atoms with Gasteiger partial charge in [-0.3, -0.25) is 4.79 Å². The topological polar surface area (TPSA) is 51.1 Å². The molecule has 0 radical (unpaired) electrons. The van der Waals surface area contributed by atoms with Gasteiger partial charge in [0, 0.05) is 11.6 Å². The fourth-order valence-corrected chi connectivity index (χ4v) is 2.81. The second-order valence-electron chi connectivity index (χ2n) is 6.24. The van der Waals surface area contributed by atoms with Crippen LogP contribution in [0.4, 0.5) is 5.69 Å². The molecule has 5 heteroatoms. The average molecular weight is 350 g/mol. The number of benzene rings is 2. The maximum Gasteiger partial charge on any atom is 0.280 e. The third-order valence-electron chi connectivity index (χ3n) is 4.54. The van der Waals surface area contributed by atoms with Gasteiger partial charge in [-0.25, -0.2) is 0 Å². The number of carbonyl (C=O) groups excluding carboxylic acids is 1. The lowest BCUT2D eigenvalue weighted by Gasteiger charge is -2.13. The van der Waals surface area contributed by atoms with Crippen LogP contribution < -0.4 is 14.5 Å². The predicted molar refractivity (Wildman–Crippen MR) is 104 cm³/mol. The number of hydrogen-bond acceptors (Lipinski definition) is 4. The van der Waals surface area contributed by atoms with E-state index in [9.17, 15) is 4.79 Å². The second-order valence-corrected chi connectivity index (χ2v) is 6.24. The van der Waals surface area contributed by atoms with E-state index < -0.39 is 0 Å². The molecule has 0 aliphatic carbocycles. The molecule has 134 valence electrons. The monoisotopic (exact) mass is 350 g/mol. The summed E-state index contributed by atoms with van der Waals surface area (Å²) in [7, 11) is 3.20. The molecule has 0 unspecified atom stereocenters. The van der Waals surface area contributed by atoms with E-state index in [0.29, 0.717) is 22.8 Å². The van der Waals surface area contributed by atoms with Crippen LogP contribution in [0.15, 0.2) is 47.1 Å². The lowest BCUT2D eigenvalue weighted by molar-refractivity contribution is -0.114. The van der Waals surface area contributed by atoms with Crippen molar-refractivity contribution >= 4 is 23.4 Å². The van der Waals surface area contributed by atoms with Crippen molar-refractivity contribution in [1.29, 1.82) is 0 Å². The molecule has 0 N–H and O–H groups in total. The van der Waals surface area contributed by atoms with Gasteiger partial charge in [0.2, 0.25) is 0 Å². The number of ether oxygens (including phenoxy) is 2. The number of amides is 1. The van der Waals surface area contributed by atoms with Crippen molar-refractivity contribution in [3.8, 4) is 11.5 Å². The highest BCUT2D eigenvalue weighted by molar-refractivity contribution is 6.32. The molecule has 0 saturated heterocycles. The Balaban J connectivity index is 1.97. The Morgan fingerprint density at radius 3 is 2.38 bits per heavy atom. The summed E-state index contributed by atoms with van der Waals surface area (Å²) in [5.41, 5.74) is 5.09. The third-order valence-corrected chi connectivity index (χ3v) is 4.54. The molecule has 1 aliphatic heterocycles. The minimum atomic E-state index is -0.149. The number of methoxy groups -OCH3 is 2. The maximum absolute atomic E-state index is 12.9. The normalized spacial score (nSPS) is 15.4. The summed E-state index contributed by atoms with van der Waals surface area (Å²) in [5, 5.41) is 5.89. The van der Waals surface area contributed by atoms with Crippen LogP contribution in [0.1, 0.15) is 23.6 Å². The molecule has 1 heterocycles. The van der Waals surface area contributed by atoms with Crippen LogP contribution in [-0.2, 0) is 4.79 Å². The van der Waals surface area contributed by atoms with Crippen LogP contribution in [0.2, 0.25) is 0 Å². The lowest BCUT2D eigenvalue weighted by atomic mass is 10.1. The van der Waals surface area contributed by atoms with Crippen molar-refractivity contribution in [1.82, 2.24) is 0 Å². The smallest absolute Gasteiger partial charge is 0.280 e. The average Bonchev–Trinajstić information content (AvgIpc) is 2.92. The number of aryl methyl sites for hydroxylation is 2. The van der Waals surface area contributed by atoms with Crippen molar-refractivity contribution in [3.05, 3.63) is 58.7 Å². The van der Waals surface area contributed by atoms with Crippen molar-refractivity contribution in [2.75, 3.05) is 19.2 Å². The Morgan fingerprint density at radius 1 is 0.962 bits per heavy atom. The number of hydrogen-bond donors (Lipinski definition) is 0. The minimum Gasteiger partial charge on any atom is -0.497 e. The molecule has 0 saturated carbocycles. The van der Waals surface area contributed by atoms with E-state index in [4.69, 9.17) is 9.47 Å². The van der Waals surface area contributed by atoms with Crippen LogP contribution >= 0.6 is 0 Å². The fourth-order valence-electron chi connectivity index (χ4n) is 2.81. The molecule has 0 spiro atoms. The first-order valence-corrected chi connectivity index (χ1v) is 8.35. The van der Waals surface area contributed by atoms with Gasteiger partial charge in [-0.05, 0) is 62.2 Å². The molecule has 3 rings (SSSR count). The van der Waals surface area contributed by atoms with Gasteiger partial charge in [-0.15, -0.1) is 0 Å². The lowest BCUT2D eigenvalue weighted by Crippen LogP contribution is -2.21. The Bertz CT molecular complexity index is 929. The molecule has 5 nitrogen and oxygen atoms in total. The van der Waals surface area contributed by atoms with Crippen molar-refractivity contribution in [2.45, 2.75) is 20.8 Å². The Hall–Kier alpha value is -3.08. The quantitative estimate of drug-likeness (QED) is 0.779.